The van der Waals surface area contributed by atoms with E-state index < -0.39 is 21.9 Å². The zero-order valence-electron chi connectivity index (χ0n) is 18.0. The summed E-state index contributed by atoms with van der Waals surface area (Å²) in [5, 5.41) is 2.69. The van der Waals surface area contributed by atoms with Crippen LogP contribution in [0.25, 0.3) is 0 Å². The number of carbonyl (C=O) groups excluding carboxylic acids is 2. The van der Waals surface area contributed by atoms with E-state index in [9.17, 15) is 18.0 Å². The van der Waals surface area contributed by atoms with Crippen LogP contribution in [0.4, 0.5) is 0 Å². The molecule has 1 aromatic rings. The molecule has 2 heterocycles. The first-order valence-electron chi connectivity index (χ1n) is 10.6. The standard InChI is InChI=1S/C21H30N2O7S/c1-15(2)13-22-20(24)14-30-21(25)16-6-8-23(9-7-16)31(26,27)17-4-5-18-19(12-17)29-11-3-10-28-18/h4-5,12,15-16H,3,6-11,13-14H2,1-2H3,(H,22,24). The van der Waals surface area contributed by atoms with Crippen molar-refractivity contribution in [3.8, 4) is 11.5 Å². The second kappa shape index (κ2) is 10.3. The van der Waals surface area contributed by atoms with Crippen molar-refractivity contribution in [3.63, 3.8) is 0 Å². The molecule has 1 fully saturated rings. The molecule has 0 bridgehead atoms. The summed E-state index contributed by atoms with van der Waals surface area (Å²) in [5.41, 5.74) is 0. The average Bonchev–Trinajstić information content (AvgIpc) is 3.01. The number of hydrogen-bond acceptors (Lipinski definition) is 7. The number of piperidine rings is 1. The number of esters is 1. The summed E-state index contributed by atoms with van der Waals surface area (Å²) in [4.78, 5) is 24.1. The fraction of sp³-hybridized carbons (Fsp3) is 0.619. The third kappa shape index (κ3) is 6.10. The van der Waals surface area contributed by atoms with Gasteiger partial charge in [-0.25, -0.2) is 8.42 Å². The van der Waals surface area contributed by atoms with Gasteiger partial charge in [0.05, 0.1) is 24.0 Å². The molecule has 172 valence electrons. The molecule has 1 amide bonds. The van der Waals surface area contributed by atoms with Gasteiger partial charge in [0.2, 0.25) is 10.0 Å². The number of benzene rings is 1. The van der Waals surface area contributed by atoms with Gasteiger partial charge >= 0.3 is 5.97 Å². The van der Waals surface area contributed by atoms with Crippen molar-refractivity contribution in [1.82, 2.24) is 9.62 Å². The van der Waals surface area contributed by atoms with E-state index >= 15 is 0 Å². The Morgan fingerprint density at radius 2 is 1.84 bits per heavy atom. The summed E-state index contributed by atoms with van der Waals surface area (Å²) in [7, 11) is -3.72. The Hall–Kier alpha value is -2.33. The first-order chi connectivity index (χ1) is 14.8. The average molecular weight is 455 g/mol. The van der Waals surface area contributed by atoms with E-state index in [1.54, 1.807) is 6.07 Å². The van der Waals surface area contributed by atoms with Gasteiger partial charge in [0.25, 0.3) is 5.91 Å². The Kier molecular flexibility index (Phi) is 7.77. The van der Waals surface area contributed by atoms with E-state index in [0.717, 1.165) is 6.42 Å². The van der Waals surface area contributed by atoms with Crippen LogP contribution in [0.1, 0.15) is 33.1 Å². The van der Waals surface area contributed by atoms with Crippen LogP contribution in [-0.4, -0.2) is 64.1 Å². The van der Waals surface area contributed by atoms with Gasteiger partial charge in [0, 0.05) is 32.1 Å². The van der Waals surface area contributed by atoms with Crippen LogP contribution in [0.5, 0.6) is 11.5 Å². The summed E-state index contributed by atoms with van der Waals surface area (Å²) in [6, 6.07) is 4.62. The van der Waals surface area contributed by atoms with Crippen molar-refractivity contribution < 1.29 is 32.2 Å². The second-order valence-electron chi connectivity index (χ2n) is 8.14. The zero-order valence-corrected chi connectivity index (χ0v) is 18.8. The molecule has 0 saturated carbocycles. The van der Waals surface area contributed by atoms with Crippen LogP contribution < -0.4 is 14.8 Å². The van der Waals surface area contributed by atoms with Crippen LogP contribution >= 0.6 is 0 Å². The minimum absolute atomic E-state index is 0.139. The molecule has 1 N–H and O–H groups in total. The highest BCUT2D eigenvalue weighted by atomic mass is 32.2. The number of nitrogens with one attached hydrogen (secondary N) is 1. The molecule has 0 unspecified atom stereocenters. The third-order valence-electron chi connectivity index (χ3n) is 5.20. The van der Waals surface area contributed by atoms with Gasteiger partial charge in [-0.1, -0.05) is 13.8 Å². The molecule has 3 rings (SSSR count). The van der Waals surface area contributed by atoms with Gasteiger partial charge in [0.1, 0.15) is 0 Å². The number of amides is 1. The quantitative estimate of drug-likeness (QED) is 0.623. The van der Waals surface area contributed by atoms with E-state index in [2.05, 4.69) is 5.32 Å². The molecule has 1 saturated heterocycles. The number of rotatable bonds is 7. The van der Waals surface area contributed by atoms with E-state index in [1.165, 1.54) is 16.4 Å². The Bertz CT molecular complexity index is 893. The summed E-state index contributed by atoms with van der Waals surface area (Å²) in [6.07, 6.45) is 1.42. The van der Waals surface area contributed by atoms with Gasteiger partial charge in [-0.15, -0.1) is 0 Å². The third-order valence-corrected chi connectivity index (χ3v) is 7.09. The molecular weight excluding hydrogens is 424 g/mol. The van der Waals surface area contributed by atoms with E-state index in [1.807, 2.05) is 13.8 Å². The SMILES string of the molecule is CC(C)CNC(=O)COC(=O)C1CCN(S(=O)(=O)c2ccc3c(c2)OCCCO3)CC1. The predicted molar refractivity (Wildman–Crippen MR) is 112 cm³/mol. The molecule has 0 radical (unpaired) electrons. The van der Waals surface area contributed by atoms with Gasteiger partial charge < -0.3 is 19.5 Å². The molecule has 0 atom stereocenters. The van der Waals surface area contributed by atoms with Crippen molar-refractivity contribution in [2.75, 3.05) is 39.5 Å². The van der Waals surface area contributed by atoms with Gasteiger partial charge in [-0.05, 0) is 30.9 Å². The van der Waals surface area contributed by atoms with Crippen LogP contribution in [0, 0.1) is 11.8 Å². The molecular formula is C21H30N2O7S. The number of sulfonamides is 1. The maximum Gasteiger partial charge on any atom is 0.309 e. The van der Waals surface area contributed by atoms with Crippen LogP contribution in [-0.2, 0) is 24.3 Å². The van der Waals surface area contributed by atoms with Crippen LogP contribution in [0.2, 0.25) is 0 Å². The lowest BCUT2D eigenvalue weighted by Crippen LogP contribution is -2.41. The molecule has 9 nitrogen and oxygen atoms in total. The first-order valence-corrected chi connectivity index (χ1v) is 12.0. The van der Waals surface area contributed by atoms with E-state index in [4.69, 9.17) is 14.2 Å². The number of hydrogen-bond donors (Lipinski definition) is 1. The van der Waals surface area contributed by atoms with Crippen LogP contribution in [0.15, 0.2) is 23.1 Å². The first kappa shape index (κ1) is 23.3. The molecule has 10 heteroatoms. The molecule has 2 aliphatic rings. The zero-order chi connectivity index (χ0) is 22.4. The summed E-state index contributed by atoms with van der Waals surface area (Å²) in [5.74, 6) is 0.0459. The van der Waals surface area contributed by atoms with E-state index in [-0.39, 0.29) is 30.5 Å². The summed E-state index contributed by atoms with van der Waals surface area (Å²) in [6.45, 7) is 5.56. The number of ether oxygens (including phenoxy) is 3. The van der Waals surface area contributed by atoms with Gasteiger partial charge in [0.15, 0.2) is 18.1 Å². The number of fused-ring (bicyclic) bond motifs is 1. The molecule has 0 spiro atoms. The van der Waals surface area contributed by atoms with Crippen molar-refractivity contribution >= 4 is 21.9 Å². The fourth-order valence-electron chi connectivity index (χ4n) is 3.41. The molecule has 1 aromatic carbocycles. The summed E-state index contributed by atoms with van der Waals surface area (Å²) >= 11 is 0. The smallest absolute Gasteiger partial charge is 0.309 e. The van der Waals surface area contributed by atoms with Crippen molar-refractivity contribution in [1.29, 1.82) is 0 Å². The highest BCUT2D eigenvalue weighted by molar-refractivity contribution is 7.89. The summed E-state index contributed by atoms with van der Waals surface area (Å²) < 4.78 is 43.7. The fourth-order valence-corrected chi connectivity index (χ4v) is 4.89. The normalized spacial score (nSPS) is 17.8. The Labute approximate surface area is 183 Å². The molecule has 31 heavy (non-hydrogen) atoms. The maximum atomic E-state index is 13.0. The van der Waals surface area contributed by atoms with Crippen molar-refractivity contribution in [3.05, 3.63) is 18.2 Å². The van der Waals surface area contributed by atoms with E-state index in [0.29, 0.717) is 50.0 Å². The lowest BCUT2D eigenvalue weighted by Gasteiger charge is -2.30. The topological polar surface area (TPSA) is 111 Å². The van der Waals surface area contributed by atoms with Gasteiger partial charge in [-0.2, -0.15) is 4.31 Å². The minimum atomic E-state index is -3.72. The lowest BCUT2D eigenvalue weighted by molar-refractivity contribution is -0.153. The van der Waals surface area contributed by atoms with Crippen molar-refractivity contribution in [2.24, 2.45) is 11.8 Å². The number of nitrogens with zero attached hydrogens (tertiary/aromatic N) is 1. The van der Waals surface area contributed by atoms with Crippen molar-refractivity contribution in [2.45, 2.75) is 38.0 Å². The van der Waals surface area contributed by atoms with Crippen LogP contribution in [0.3, 0.4) is 0 Å². The predicted octanol–water partition coefficient (Wildman–Crippen LogP) is 1.56. The molecule has 0 aromatic heterocycles. The highest BCUT2D eigenvalue weighted by Crippen LogP contribution is 2.33. The highest BCUT2D eigenvalue weighted by Gasteiger charge is 2.33. The number of carbonyl (C=O) groups is 2. The lowest BCUT2D eigenvalue weighted by atomic mass is 9.98. The monoisotopic (exact) mass is 454 g/mol. The second-order valence-corrected chi connectivity index (χ2v) is 10.1. The largest absolute Gasteiger partial charge is 0.490 e. The minimum Gasteiger partial charge on any atom is -0.490 e. The molecule has 0 aliphatic carbocycles. The maximum absolute atomic E-state index is 13.0. The Morgan fingerprint density at radius 1 is 1.16 bits per heavy atom. The van der Waals surface area contributed by atoms with Gasteiger partial charge in [-0.3, -0.25) is 9.59 Å². The Morgan fingerprint density at radius 3 is 2.52 bits per heavy atom. The Balaban J connectivity index is 1.53. The molecule has 2 aliphatic heterocycles.